The van der Waals surface area contributed by atoms with Crippen molar-refractivity contribution in [1.82, 2.24) is 0 Å². The summed E-state index contributed by atoms with van der Waals surface area (Å²) in [6, 6.07) is 19.3. The molecule has 0 atom stereocenters. The number of carbonyl (C=O) groups is 2. The second kappa shape index (κ2) is 9.87. The largest absolute Gasteiger partial charge is 0.497 e. The van der Waals surface area contributed by atoms with Crippen molar-refractivity contribution in [2.75, 3.05) is 20.8 Å². The first-order valence-electron chi connectivity index (χ1n) is 10.3. The van der Waals surface area contributed by atoms with Gasteiger partial charge in [0.05, 0.1) is 19.8 Å². The summed E-state index contributed by atoms with van der Waals surface area (Å²) in [7, 11) is 3.17. The van der Waals surface area contributed by atoms with Crippen molar-refractivity contribution < 1.29 is 28.5 Å². The van der Waals surface area contributed by atoms with Gasteiger partial charge in [-0.2, -0.15) is 0 Å². The molecular weight excluding hydrogens is 420 g/mol. The minimum absolute atomic E-state index is 0.136. The molecule has 0 N–H and O–H groups in total. The number of rotatable bonds is 8. The molecule has 1 aliphatic rings. The number of benzene rings is 3. The molecule has 0 saturated heterocycles. The highest BCUT2D eigenvalue weighted by atomic mass is 16.5. The lowest BCUT2D eigenvalue weighted by Crippen LogP contribution is -2.11. The van der Waals surface area contributed by atoms with E-state index in [2.05, 4.69) is 0 Å². The number of methoxy groups -OCH3 is 2. The van der Waals surface area contributed by atoms with Gasteiger partial charge in [0.2, 0.25) is 5.78 Å². The number of hydrogen-bond donors (Lipinski definition) is 0. The number of carbonyl (C=O) groups excluding carboxylic acids is 2. The number of hydrogen-bond acceptors (Lipinski definition) is 6. The molecule has 166 valence electrons. The molecule has 0 spiro atoms. The average Bonchev–Trinajstić information content (AvgIpc) is 3.17. The smallest absolute Gasteiger partial charge is 0.231 e. The van der Waals surface area contributed by atoms with Crippen molar-refractivity contribution in [3.05, 3.63) is 101 Å². The van der Waals surface area contributed by atoms with Gasteiger partial charge < -0.3 is 18.9 Å². The van der Waals surface area contributed by atoms with Crippen LogP contribution in [0.4, 0.5) is 0 Å². The van der Waals surface area contributed by atoms with Crippen LogP contribution in [0.15, 0.2) is 84.6 Å². The van der Waals surface area contributed by atoms with Crippen LogP contribution in [0.5, 0.6) is 23.0 Å². The van der Waals surface area contributed by atoms with E-state index in [-0.39, 0.29) is 23.9 Å². The van der Waals surface area contributed by atoms with Gasteiger partial charge >= 0.3 is 0 Å². The predicted octanol–water partition coefficient (Wildman–Crippen LogP) is 5.14. The minimum Gasteiger partial charge on any atom is -0.497 e. The number of ether oxygens (including phenoxy) is 4. The molecule has 1 heterocycles. The number of Topliss-reactive ketones (excluding diaryl/α,β-unsaturated/α-hetero) is 2. The fraction of sp³-hybridized carbons (Fsp3) is 0.111. The van der Waals surface area contributed by atoms with Crippen LogP contribution in [0.1, 0.15) is 26.3 Å². The Morgan fingerprint density at radius 1 is 0.939 bits per heavy atom. The van der Waals surface area contributed by atoms with Crippen LogP contribution >= 0.6 is 0 Å². The monoisotopic (exact) mass is 442 g/mol. The summed E-state index contributed by atoms with van der Waals surface area (Å²) < 4.78 is 21.8. The lowest BCUT2D eigenvalue weighted by atomic mass is 10.1. The van der Waals surface area contributed by atoms with Gasteiger partial charge in [0, 0.05) is 17.2 Å². The molecule has 6 nitrogen and oxygen atoms in total. The Kier molecular flexibility index (Phi) is 6.55. The Bertz CT molecular complexity index is 1240. The molecule has 6 heteroatoms. The number of fused-ring (bicyclic) bond motifs is 1. The lowest BCUT2D eigenvalue weighted by molar-refractivity contribution is 0.0920. The van der Waals surface area contributed by atoms with Crippen LogP contribution in [0.25, 0.3) is 6.08 Å². The maximum absolute atomic E-state index is 12.6. The molecule has 3 aromatic carbocycles. The maximum Gasteiger partial charge on any atom is 0.231 e. The van der Waals surface area contributed by atoms with Crippen LogP contribution in [-0.2, 0) is 0 Å². The Morgan fingerprint density at radius 2 is 1.70 bits per heavy atom. The number of ketones is 2. The Balaban J connectivity index is 1.41. The SMILES string of the molecule is COc1ccc(C(=O)COc2ccc3c(c2)OC(=CC=Cc2ccccc2OC)C3=O)cc1. The van der Waals surface area contributed by atoms with Gasteiger partial charge in [-0.25, -0.2) is 0 Å². The maximum atomic E-state index is 12.6. The molecule has 0 bridgehead atoms. The van der Waals surface area contributed by atoms with Gasteiger partial charge in [-0.05, 0) is 48.5 Å². The zero-order valence-corrected chi connectivity index (χ0v) is 18.2. The van der Waals surface area contributed by atoms with E-state index in [4.69, 9.17) is 18.9 Å². The van der Waals surface area contributed by atoms with E-state index >= 15 is 0 Å². The standard InChI is InChI=1S/C27H22O6/c1-30-20-12-10-18(11-13-20)23(28)17-32-21-14-15-22-26(16-21)33-25(27(22)29)9-5-7-19-6-3-4-8-24(19)31-2/h3-16H,17H2,1-2H3. The van der Waals surface area contributed by atoms with Crippen molar-refractivity contribution in [2.45, 2.75) is 0 Å². The van der Waals surface area contributed by atoms with Gasteiger partial charge in [-0.1, -0.05) is 30.4 Å². The highest BCUT2D eigenvalue weighted by Gasteiger charge is 2.27. The first-order valence-corrected chi connectivity index (χ1v) is 10.3. The second-order valence-electron chi connectivity index (χ2n) is 7.16. The van der Waals surface area contributed by atoms with Crippen LogP contribution in [0.2, 0.25) is 0 Å². The fourth-order valence-electron chi connectivity index (χ4n) is 3.32. The molecule has 33 heavy (non-hydrogen) atoms. The van der Waals surface area contributed by atoms with Crippen LogP contribution in [0.3, 0.4) is 0 Å². The zero-order valence-electron chi connectivity index (χ0n) is 18.2. The van der Waals surface area contributed by atoms with Gasteiger partial charge in [-0.3, -0.25) is 9.59 Å². The molecule has 0 saturated carbocycles. The third-order valence-electron chi connectivity index (χ3n) is 5.09. The summed E-state index contributed by atoms with van der Waals surface area (Å²) in [5.41, 5.74) is 1.85. The van der Waals surface area contributed by atoms with Crippen molar-refractivity contribution in [3.8, 4) is 23.0 Å². The molecule has 0 unspecified atom stereocenters. The van der Waals surface area contributed by atoms with Crippen molar-refractivity contribution in [1.29, 1.82) is 0 Å². The summed E-state index contributed by atoms with van der Waals surface area (Å²) >= 11 is 0. The summed E-state index contributed by atoms with van der Waals surface area (Å²) in [5, 5.41) is 0. The van der Waals surface area contributed by atoms with Gasteiger partial charge in [-0.15, -0.1) is 0 Å². The molecule has 0 radical (unpaired) electrons. The Hall–Kier alpha value is -4.32. The highest BCUT2D eigenvalue weighted by molar-refractivity contribution is 6.12. The highest BCUT2D eigenvalue weighted by Crippen LogP contribution is 2.34. The topological polar surface area (TPSA) is 71.1 Å². The second-order valence-corrected chi connectivity index (χ2v) is 7.16. The molecule has 0 amide bonds. The van der Waals surface area contributed by atoms with E-state index in [0.717, 1.165) is 11.3 Å². The number of allylic oxidation sites excluding steroid dienone is 3. The van der Waals surface area contributed by atoms with Crippen molar-refractivity contribution in [3.63, 3.8) is 0 Å². The van der Waals surface area contributed by atoms with Crippen molar-refractivity contribution in [2.24, 2.45) is 0 Å². The summed E-state index contributed by atoms with van der Waals surface area (Å²) in [6.45, 7) is -0.136. The first-order chi connectivity index (χ1) is 16.1. The molecule has 3 aromatic rings. The minimum atomic E-state index is -0.212. The van der Waals surface area contributed by atoms with Crippen LogP contribution in [-0.4, -0.2) is 32.4 Å². The summed E-state index contributed by atoms with van der Waals surface area (Å²) in [6.07, 6.45) is 5.19. The molecule has 1 aliphatic heterocycles. The van der Waals surface area contributed by atoms with E-state index in [0.29, 0.717) is 28.4 Å². The van der Waals surface area contributed by atoms with Gasteiger partial charge in [0.1, 0.15) is 23.0 Å². The quantitative estimate of drug-likeness (QED) is 0.355. The fourth-order valence-corrected chi connectivity index (χ4v) is 3.32. The molecular formula is C27H22O6. The van der Waals surface area contributed by atoms with E-state index in [9.17, 15) is 9.59 Å². The van der Waals surface area contributed by atoms with Crippen molar-refractivity contribution >= 4 is 17.6 Å². The molecule has 0 fully saturated rings. The number of para-hydroxylation sites is 1. The van der Waals surface area contributed by atoms with E-state index < -0.39 is 0 Å². The predicted molar refractivity (Wildman–Crippen MR) is 124 cm³/mol. The van der Waals surface area contributed by atoms with Gasteiger partial charge in [0.25, 0.3) is 0 Å². The van der Waals surface area contributed by atoms with Crippen LogP contribution in [0, 0.1) is 0 Å². The average molecular weight is 442 g/mol. The summed E-state index contributed by atoms with van der Waals surface area (Å²) in [4.78, 5) is 25.0. The summed E-state index contributed by atoms with van der Waals surface area (Å²) in [5.74, 6) is 2.07. The zero-order chi connectivity index (χ0) is 23.2. The van der Waals surface area contributed by atoms with E-state index in [1.165, 1.54) is 0 Å². The van der Waals surface area contributed by atoms with Crippen LogP contribution < -0.4 is 18.9 Å². The molecule has 0 aliphatic carbocycles. The Morgan fingerprint density at radius 3 is 2.45 bits per heavy atom. The first kappa shape index (κ1) is 21.9. The van der Waals surface area contributed by atoms with E-state index in [1.54, 1.807) is 68.8 Å². The lowest BCUT2D eigenvalue weighted by Gasteiger charge is -2.07. The Labute approximate surface area is 191 Å². The molecule has 0 aromatic heterocycles. The van der Waals surface area contributed by atoms with E-state index in [1.807, 2.05) is 30.3 Å². The molecule has 4 rings (SSSR count). The van der Waals surface area contributed by atoms with Gasteiger partial charge in [0.15, 0.2) is 18.1 Å². The third-order valence-corrected chi connectivity index (χ3v) is 5.09. The normalized spacial score (nSPS) is 13.6. The third kappa shape index (κ3) is 4.96.